The van der Waals surface area contributed by atoms with E-state index in [9.17, 15) is 19.3 Å². The van der Waals surface area contributed by atoms with Crippen LogP contribution >= 0.6 is 11.6 Å². The van der Waals surface area contributed by atoms with E-state index in [1.807, 2.05) is 0 Å². The molecule has 0 saturated heterocycles. The number of amides is 1. The van der Waals surface area contributed by atoms with E-state index in [0.29, 0.717) is 29.2 Å². The van der Waals surface area contributed by atoms with Crippen LogP contribution in [0.1, 0.15) is 27.3 Å². The highest BCUT2D eigenvalue weighted by Gasteiger charge is 2.21. The Morgan fingerprint density at radius 1 is 1.25 bits per heavy atom. The molecule has 0 radical (unpaired) electrons. The zero-order valence-corrected chi connectivity index (χ0v) is 15.8. The Balaban J connectivity index is 1.74. The van der Waals surface area contributed by atoms with Gasteiger partial charge >= 0.3 is 5.69 Å². The number of aromatic nitrogens is 2. The van der Waals surface area contributed by atoms with Crippen LogP contribution in [0.4, 0.5) is 15.8 Å². The maximum atomic E-state index is 13.1. The van der Waals surface area contributed by atoms with Crippen molar-refractivity contribution in [2.24, 2.45) is 0 Å². The van der Waals surface area contributed by atoms with Crippen molar-refractivity contribution < 1.29 is 14.1 Å². The van der Waals surface area contributed by atoms with Crippen LogP contribution in [0, 0.1) is 29.8 Å². The third kappa shape index (κ3) is 4.01. The van der Waals surface area contributed by atoms with Gasteiger partial charge in [-0.1, -0.05) is 23.7 Å². The number of halogens is 2. The summed E-state index contributed by atoms with van der Waals surface area (Å²) in [6, 6.07) is 10.4. The van der Waals surface area contributed by atoms with Crippen LogP contribution in [0.3, 0.4) is 0 Å². The quantitative estimate of drug-likeness (QED) is 0.502. The highest BCUT2D eigenvalue weighted by molar-refractivity contribution is 6.33. The second-order valence-electron chi connectivity index (χ2n) is 6.21. The van der Waals surface area contributed by atoms with Crippen LogP contribution in [0.25, 0.3) is 0 Å². The summed E-state index contributed by atoms with van der Waals surface area (Å²) >= 11 is 5.92. The Bertz CT molecular complexity index is 1060. The zero-order valence-electron chi connectivity index (χ0n) is 15.1. The van der Waals surface area contributed by atoms with Gasteiger partial charge in [0.25, 0.3) is 5.91 Å². The van der Waals surface area contributed by atoms with Crippen LogP contribution in [-0.2, 0) is 6.54 Å². The Hall–Kier alpha value is -3.26. The molecule has 144 valence electrons. The standard InChI is InChI=1S/C19H16ClFN4O3/c1-11-18(25(27)28)12(2)24(23-11)10-13-3-5-14(6-4-13)19(26)22-17-8-7-15(21)9-16(17)20/h3-9H,10H2,1-2H3,(H,22,26). The summed E-state index contributed by atoms with van der Waals surface area (Å²) in [4.78, 5) is 23.0. The van der Waals surface area contributed by atoms with Crippen LogP contribution in [0.5, 0.6) is 0 Å². The first-order chi connectivity index (χ1) is 13.3. The van der Waals surface area contributed by atoms with E-state index >= 15 is 0 Å². The van der Waals surface area contributed by atoms with Crippen molar-refractivity contribution >= 4 is 28.9 Å². The van der Waals surface area contributed by atoms with Crippen molar-refractivity contribution in [3.63, 3.8) is 0 Å². The molecule has 0 aliphatic rings. The molecule has 0 aliphatic carbocycles. The number of rotatable bonds is 5. The predicted molar refractivity (Wildman–Crippen MR) is 103 cm³/mol. The molecule has 1 N–H and O–H groups in total. The van der Waals surface area contributed by atoms with E-state index in [2.05, 4.69) is 10.4 Å². The van der Waals surface area contributed by atoms with Gasteiger partial charge in [0, 0.05) is 5.56 Å². The lowest BCUT2D eigenvalue weighted by molar-refractivity contribution is -0.386. The van der Waals surface area contributed by atoms with Gasteiger partial charge in [0.15, 0.2) is 0 Å². The van der Waals surface area contributed by atoms with Crippen molar-refractivity contribution in [3.05, 3.63) is 85.9 Å². The molecule has 1 aromatic heterocycles. The fourth-order valence-electron chi connectivity index (χ4n) is 2.83. The molecule has 0 unspecified atom stereocenters. The highest BCUT2D eigenvalue weighted by Crippen LogP contribution is 2.24. The van der Waals surface area contributed by atoms with Gasteiger partial charge in [0.05, 0.1) is 22.2 Å². The maximum Gasteiger partial charge on any atom is 0.312 e. The zero-order chi connectivity index (χ0) is 20.4. The molecular formula is C19H16ClFN4O3. The lowest BCUT2D eigenvalue weighted by Crippen LogP contribution is -2.12. The topological polar surface area (TPSA) is 90.1 Å². The number of hydrogen-bond donors (Lipinski definition) is 1. The number of nitro groups is 1. The van der Waals surface area contributed by atoms with E-state index in [0.717, 1.165) is 11.6 Å². The molecule has 9 heteroatoms. The summed E-state index contributed by atoms with van der Waals surface area (Å²) in [7, 11) is 0. The first-order valence-corrected chi connectivity index (χ1v) is 8.68. The SMILES string of the molecule is Cc1nn(Cc2ccc(C(=O)Nc3ccc(F)cc3Cl)cc2)c(C)c1[N+](=O)[O-]. The van der Waals surface area contributed by atoms with E-state index in [1.54, 1.807) is 42.8 Å². The Kier molecular flexibility index (Phi) is 5.41. The van der Waals surface area contributed by atoms with Crippen LogP contribution in [0.15, 0.2) is 42.5 Å². The molecule has 3 rings (SSSR count). The molecule has 7 nitrogen and oxygen atoms in total. The molecule has 0 aliphatic heterocycles. The number of carbonyl (C=O) groups excluding carboxylic acids is 1. The fraction of sp³-hybridized carbons (Fsp3) is 0.158. The van der Waals surface area contributed by atoms with E-state index in [1.165, 1.54) is 12.1 Å². The normalized spacial score (nSPS) is 10.7. The molecule has 28 heavy (non-hydrogen) atoms. The molecule has 2 aromatic carbocycles. The Morgan fingerprint density at radius 2 is 1.93 bits per heavy atom. The van der Waals surface area contributed by atoms with Gasteiger partial charge in [-0.3, -0.25) is 19.6 Å². The average molecular weight is 403 g/mol. The van der Waals surface area contributed by atoms with Crippen molar-refractivity contribution in [2.45, 2.75) is 20.4 Å². The number of anilines is 1. The third-order valence-corrected chi connectivity index (χ3v) is 4.57. The predicted octanol–water partition coefficient (Wildman–Crippen LogP) is 4.50. The second-order valence-corrected chi connectivity index (χ2v) is 6.62. The van der Waals surface area contributed by atoms with E-state index < -0.39 is 10.7 Å². The van der Waals surface area contributed by atoms with Crippen molar-refractivity contribution in [3.8, 4) is 0 Å². The van der Waals surface area contributed by atoms with Crippen molar-refractivity contribution in [1.29, 1.82) is 0 Å². The largest absolute Gasteiger partial charge is 0.321 e. The van der Waals surface area contributed by atoms with E-state index in [4.69, 9.17) is 11.6 Å². The summed E-state index contributed by atoms with van der Waals surface area (Å²) < 4.78 is 14.6. The second kappa shape index (κ2) is 7.77. The van der Waals surface area contributed by atoms with Crippen LogP contribution < -0.4 is 5.32 Å². The van der Waals surface area contributed by atoms with Gasteiger partial charge in [-0.2, -0.15) is 5.10 Å². The average Bonchev–Trinajstić information content (AvgIpc) is 2.91. The first kappa shape index (κ1) is 19.5. The smallest absolute Gasteiger partial charge is 0.312 e. The monoisotopic (exact) mass is 402 g/mol. The van der Waals surface area contributed by atoms with Crippen molar-refractivity contribution in [2.75, 3.05) is 5.32 Å². The van der Waals surface area contributed by atoms with Gasteiger partial charge in [-0.15, -0.1) is 0 Å². The number of hydrogen-bond acceptors (Lipinski definition) is 4. The van der Waals surface area contributed by atoms with Gasteiger partial charge in [0.1, 0.15) is 17.2 Å². The van der Waals surface area contributed by atoms with Crippen LogP contribution in [0.2, 0.25) is 5.02 Å². The Morgan fingerprint density at radius 3 is 2.50 bits per heavy atom. The van der Waals surface area contributed by atoms with Crippen LogP contribution in [-0.4, -0.2) is 20.6 Å². The molecule has 0 bridgehead atoms. The summed E-state index contributed by atoms with van der Waals surface area (Å²) in [5.41, 5.74) is 2.37. The van der Waals surface area contributed by atoms with Gasteiger partial charge in [-0.05, 0) is 49.7 Å². The molecule has 1 amide bonds. The molecule has 0 atom stereocenters. The van der Waals surface area contributed by atoms with Gasteiger partial charge in [-0.25, -0.2) is 4.39 Å². The number of carbonyl (C=O) groups is 1. The van der Waals surface area contributed by atoms with Gasteiger partial charge in [0.2, 0.25) is 0 Å². The maximum absolute atomic E-state index is 13.1. The molecule has 3 aromatic rings. The molecule has 0 spiro atoms. The number of benzene rings is 2. The molecule has 0 fully saturated rings. The minimum absolute atomic E-state index is 0.00664. The molecule has 0 saturated carbocycles. The summed E-state index contributed by atoms with van der Waals surface area (Å²) in [6.07, 6.45) is 0. The molecule has 1 heterocycles. The number of aryl methyl sites for hydroxylation is 1. The molecular weight excluding hydrogens is 387 g/mol. The van der Waals surface area contributed by atoms with Crippen molar-refractivity contribution in [1.82, 2.24) is 9.78 Å². The Labute approximate surface area is 164 Å². The first-order valence-electron chi connectivity index (χ1n) is 8.30. The third-order valence-electron chi connectivity index (χ3n) is 4.25. The fourth-order valence-corrected chi connectivity index (χ4v) is 3.04. The minimum atomic E-state index is -0.489. The lowest BCUT2D eigenvalue weighted by atomic mass is 10.1. The highest BCUT2D eigenvalue weighted by atomic mass is 35.5. The van der Waals surface area contributed by atoms with Gasteiger partial charge < -0.3 is 5.32 Å². The summed E-state index contributed by atoms with van der Waals surface area (Å²) in [6.45, 7) is 3.58. The lowest BCUT2D eigenvalue weighted by Gasteiger charge is -2.08. The summed E-state index contributed by atoms with van der Waals surface area (Å²) in [5, 5.41) is 18.0. The minimum Gasteiger partial charge on any atom is -0.321 e. The summed E-state index contributed by atoms with van der Waals surface area (Å²) in [5.74, 6) is -0.876. The number of nitrogens with zero attached hydrogens (tertiary/aromatic N) is 3. The van der Waals surface area contributed by atoms with E-state index in [-0.39, 0.29) is 16.6 Å². The number of nitrogens with one attached hydrogen (secondary N) is 1.